The second kappa shape index (κ2) is 3.53. The van der Waals surface area contributed by atoms with Crippen molar-refractivity contribution in [3.8, 4) is 5.88 Å². The number of benzene rings is 1. The summed E-state index contributed by atoms with van der Waals surface area (Å²) in [6.45, 7) is 1.51. The molecule has 0 amide bonds. The number of aromatic hydroxyl groups is 1. The Balaban J connectivity index is 2.37. The Hall–Kier alpha value is -2.17. The summed E-state index contributed by atoms with van der Waals surface area (Å²) in [5.41, 5.74) is 3.41. The van der Waals surface area contributed by atoms with Crippen molar-refractivity contribution in [2.24, 2.45) is 0 Å². The number of oxazole rings is 1. The average molecular weight is 206 g/mol. The van der Waals surface area contributed by atoms with Crippen LogP contribution in [0.15, 0.2) is 39.5 Å². The molecule has 0 radical (unpaired) electrons. The first-order valence-electron chi connectivity index (χ1n) is 4.42. The summed E-state index contributed by atoms with van der Waals surface area (Å²) in [7, 11) is 0. The van der Waals surface area contributed by atoms with Gasteiger partial charge in [-0.25, -0.2) is 4.79 Å². The number of nitrogens with one attached hydrogen (secondary N) is 1. The van der Waals surface area contributed by atoms with Crippen LogP contribution in [0.3, 0.4) is 0 Å². The Labute approximate surface area is 85.6 Å². The van der Waals surface area contributed by atoms with E-state index in [9.17, 15) is 9.90 Å². The second-order valence-corrected chi connectivity index (χ2v) is 3.06. The lowest BCUT2D eigenvalue weighted by molar-refractivity contribution is 0.425. The first kappa shape index (κ1) is 9.39. The van der Waals surface area contributed by atoms with Crippen LogP contribution in [-0.2, 0) is 0 Å². The molecule has 2 rings (SSSR count). The fourth-order valence-corrected chi connectivity index (χ4v) is 1.21. The van der Waals surface area contributed by atoms with Crippen LogP contribution >= 0.6 is 0 Å². The summed E-state index contributed by atoms with van der Waals surface area (Å²) in [6.07, 6.45) is 0. The lowest BCUT2D eigenvalue weighted by atomic mass is 10.3. The van der Waals surface area contributed by atoms with Gasteiger partial charge in [-0.15, -0.1) is 0 Å². The van der Waals surface area contributed by atoms with E-state index in [1.807, 2.05) is 18.2 Å². The monoisotopic (exact) mass is 206 g/mol. The molecular formula is C10H10N2O3. The molecule has 5 nitrogen and oxygen atoms in total. The van der Waals surface area contributed by atoms with Gasteiger partial charge in [0.15, 0.2) is 5.76 Å². The van der Waals surface area contributed by atoms with Crippen LogP contribution in [0.5, 0.6) is 5.88 Å². The predicted octanol–water partition coefficient (Wildman–Crippen LogP) is 1.33. The smallest absolute Gasteiger partial charge is 0.441 e. The summed E-state index contributed by atoms with van der Waals surface area (Å²) in [5.74, 6) is -0.680. The van der Waals surface area contributed by atoms with Gasteiger partial charge in [-0.05, 0) is 19.1 Å². The van der Waals surface area contributed by atoms with Crippen molar-refractivity contribution in [2.45, 2.75) is 6.92 Å². The number of para-hydroxylation sites is 1. The third-order valence-corrected chi connectivity index (χ3v) is 1.96. The van der Waals surface area contributed by atoms with Crippen molar-refractivity contribution >= 4 is 5.69 Å². The molecule has 2 N–H and O–H groups in total. The van der Waals surface area contributed by atoms with E-state index >= 15 is 0 Å². The van der Waals surface area contributed by atoms with Crippen molar-refractivity contribution in [3.63, 3.8) is 0 Å². The van der Waals surface area contributed by atoms with Gasteiger partial charge in [-0.3, -0.25) is 5.43 Å². The SMILES string of the molecule is Cc1oc(=O)n(Nc2ccccc2)c1O. The molecule has 78 valence electrons. The highest BCUT2D eigenvalue weighted by Gasteiger charge is 2.11. The summed E-state index contributed by atoms with van der Waals surface area (Å²) in [6, 6.07) is 9.03. The molecule has 1 heterocycles. The molecule has 2 aromatic rings. The number of rotatable bonds is 2. The number of aryl methyl sites for hydroxylation is 1. The zero-order valence-corrected chi connectivity index (χ0v) is 8.10. The molecule has 1 aromatic heterocycles. The van der Waals surface area contributed by atoms with Gasteiger partial charge in [0.2, 0.25) is 0 Å². The zero-order chi connectivity index (χ0) is 10.8. The molecule has 0 spiro atoms. The van der Waals surface area contributed by atoms with Gasteiger partial charge in [-0.1, -0.05) is 18.2 Å². The molecule has 0 saturated heterocycles. The van der Waals surface area contributed by atoms with E-state index < -0.39 is 5.76 Å². The van der Waals surface area contributed by atoms with Crippen LogP contribution in [0.2, 0.25) is 0 Å². The van der Waals surface area contributed by atoms with E-state index in [4.69, 9.17) is 4.42 Å². The van der Waals surface area contributed by atoms with E-state index in [0.717, 1.165) is 4.68 Å². The highest BCUT2D eigenvalue weighted by molar-refractivity contribution is 5.42. The van der Waals surface area contributed by atoms with Crippen LogP contribution in [0.1, 0.15) is 5.76 Å². The topological polar surface area (TPSA) is 67.4 Å². The van der Waals surface area contributed by atoms with Gasteiger partial charge in [0.1, 0.15) is 0 Å². The van der Waals surface area contributed by atoms with Crippen molar-refractivity contribution in [2.75, 3.05) is 5.43 Å². The van der Waals surface area contributed by atoms with Crippen LogP contribution in [0.25, 0.3) is 0 Å². The lowest BCUT2D eigenvalue weighted by Crippen LogP contribution is -2.21. The summed E-state index contributed by atoms with van der Waals surface area (Å²) >= 11 is 0. The van der Waals surface area contributed by atoms with E-state index in [0.29, 0.717) is 5.69 Å². The van der Waals surface area contributed by atoms with Crippen molar-refractivity contribution in [1.29, 1.82) is 0 Å². The van der Waals surface area contributed by atoms with Gasteiger partial charge in [-0.2, -0.15) is 4.68 Å². The van der Waals surface area contributed by atoms with Crippen LogP contribution in [0.4, 0.5) is 5.69 Å². The number of nitrogens with zero attached hydrogens (tertiary/aromatic N) is 1. The Bertz CT molecular complexity index is 513. The maximum atomic E-state index is 11.2. The molecule has 0 aliphatic carbocycles. The molecule has 0 bridgehead atoms. The normalized spacial score (nSPS) is 10.2. The molecule has 0 fully saturated rings. The first-order chi connectivity index (χ1) is 7.18. The first-order valence-corrected chi connectivity index (χ1v) is 4.42. The Morgan fingerprint density at radius 1 is 1.33 bits per heavy atom. The molecule has 0 atom stereocenters. The van der Waals surface area contributed by atoms with Gasteiger partial charge in [0.05, 0.1) is 5.69 Å². The summed E-state index contributed by atoms with van der Waals surface area (Å²) < 4.78 is 5.66. The maximum absolute atomic E-state index is 11.2. The molecule has 0 aliphatic heterocycles. The molecule has 1 aromatic carbocycles. The molecule has 0 aliphatic rings. The van der Waals surface area contributed by atoms with Gasteiger partial charge in [0, 0.05) is 0 Å². The lowest BCUT2D eigenvalue weighted by Gasteiger charge is -2.05. The standard InChI is InChI=1S/C10H10N2O3/c1-7-9(13)12(10(14)15-7)11-8-5-3-2-4-6-8/h2-6,11,13H,1H3. The van der Waals surface area contributed by atoms with Gasteiger partial charge >= 0.3 is 5.76 Å². The third-order valence-electron chi connectivity index (χ3n) is 1.96. The van der Waals surface area contributed by atoms with Crippen molar-refractivity contribution < 1.29 is 9.52 Å². The van der Waals surface area contributed by atoms with Gasteiger partial charge in [0.25, 0.3) is 5.88 Å². The van der Waals surface area contributed by atoms with Crippen molar-refractivity contribution in [3.05, 3.63) is 46.6 Å². The minimum atomic E-state index is -0.645. The highest BCUT2D eigenvalue weighted by atomic mass is 16.4. The largest absolute Gasteiger partial charge is 0.491 e. The van der Waals surface area contributed by atoms with E-state index in [-0.39, 0.29) is 11.6 Å². The number of hydrogen-bond donors (Lipinski definition) is 2. The molecule has 5 heteroatoms. The minimum Gasteiger partial charge on any atom is -0.491 e. The molecule has 0 unspecified atom stereocenters. The number of anilines is 1. The molecule has 0 saturated carbocycles. The molecular weight excluding hydrogens is 196 g/mol. The summed E-state index contributed by atoms with van der Waals surface area (Å²) in [4.78, 5) is 11.2. The fraction of sp³-hybridized carbons (Fsp3) is 0.100. The number of hydrogen-bond acceptors (Lipinski definition) is 4. The molecule has 15 heavy (non-hydrogen) atoms. The number of aromatic nitrogens is 1. The van der Waals surface area contributed by atoms with Crippen molar-refractivity contribution in [1.82, 2.24) is 4.68 Å². The Morgan fingerprint density at radius 3 is 2.53 bits per heavy atom. The van der Waals surface area contributed by atoms with Crippen LogP contribution < -0.4 is 11.2 Å². The predicted molar refractivity (Wildman–Crippen MR) is 54.8 cm³/mol. The Morgan fingerprint density at radius 2 is 2.00 bits per heavy atom. The van der Waals surface area contributed by atoms with Crippen LogP contribution in [0, 0.1) is 6.92 Å². The second-order valence-electron chi connectivity index (χ2n) is 3.06. The maximum Gasteiger partial charge on any atom is 0.441 e. The zero-order valence-electron chi connectivity index (χ0n) is 8.10. The van der Waals surface area contributed by atoms with E-state index in [2.05, 4.69) is 5.43 Å². The Kier molecular flexibility index (Phi) is 2.21. The average Bonchev–Trinajstić information content (AvgIpc) is 2.47. The minimum absolute atomic E-state index is 0.184. The van der Waals surface area contributed by atoms with Gasteiger partial charge < -0.3 is 9.52 Å². The van der Waals surface area contributed by atoms with E-state index in [1.165, 1.54) is 6.92 Å². The third kappa shape index (κ3) is 1.71. The quantitative estimate of drug-likeness (QED) is 0.777. The van der Waals surface area contributed by atoms with Crippen LogP contribution in [-0.4, -0.2) is 9.78 Å². The van der Waals surface area contributed by atoms with E-state index in [1.54, 1.807) is 12.1 Å². The summed E-state index contributed by atoms with van der Waals surface area (Å²) in [5, 5.41) is 9.49. The fourth-order valence-electron chi connectivity index (χ4n) is 1.21. The highest BCUT2D eigenvalue weighted by Crippen LogP contribution is 2.14.